The van der Waals surface area contributed by atoms with Crippen molar-refractivity contribution in [2.24, 2.45) is 0 Å². The molecule has 1 amide bonds. The maximum atomic E-state index is 12.2. The number of benzene rings is 3. The number of nitrogens with one attached hydrogen (secondary N) is 1. The van der Waals surface area contributed by atoms with Crippen LogP contribution in [0, 0.1) is 6.92 Å². The summed E-state index contributed by atoms with van der Waals surface area (Å²) in [5.74, 6) is -0.0106. The summed E-state index contributed by atoms with van der Waals surface area (Å²) in [6, 6.07) is 26.5. The van der Waals surface area contributed by atoms with Crippen molar-refractivity contribution in [1.29, 1.82) is 0 Å². The van der Waals surface area contributed by atoms with Crippen molar-refractivity contribution in [3.63, 3.8) is 0 Å². The van der Waals surface area contributed by atoms with Crippen LogP contribution in [0.5, 0.6) is 0 Å². The molecule has 25 heavy (non-hydrogen) atoms. The lowest BCUT2D eigenvalue weighted by Crippen LogP contribution is -2.24. The zero-order valence-corrected chi connectivity index (χ0v) is 14.5. The van der Waals surface area contributed by atoms with E-state index in [9.17, 15) is 4.79 Å². The van der Waals surface area contributed by atoms with Gasteiger partial charge >= 0.3 is 0 Å². The first kappa shape index (κ1) is 17.0. The minimum absolute atomic E-state index is 0.0106. The number of hydrogen-bond acceptors (Lipinski definition) is 1. The van der Waals surface area contributed by atoms with Gasteiger partial charge in [0.15, 0.2) is 0 Å². The van der Waals surface area contributed by atoms with Gasteiger partial charge in [0.25, 0.3) is 5.91 Å². The Bertz CT molecular complexity index is 805. The van der Waals surface area contributed by atoms with Crippen LogP contribution in [0.15, 0.2) is 78.9 Å². The number of carbonyl (C=O) groups is 1. The quantitative estimate of drug-likeness (QED) is 0.632. The molecular weight excluding hydrogens is 306 g/mol. The van der Waals surface area contributed by atoms with Crippen LogP contribution >= 0.6 is 0 Å². The molecule has 0 aliphatic rings. The van der Waals surface area contributed by atoms with Crippen LogP contribution in [0.4, 0.5) is 0 Å². The minimum Gasteiger partial charge on any atom is -0.352 e. The predicted octanol–water partition coefficient (Wildman–Crippen LogP) is 5.02. The van der Waals surface area contributed by atoms with Crippen molar-refractivity contribution in [3.8, 4) is 11.1 Å². The van der Waals surface area contributed by atoms with E-state index in [2.05, 4.69) is 48.6 Å². The van der Waals surface area contributed by atoms with Crippen LogP contribution in [0.25, 0.3) is 11.1 Å². The van der Waals surface area contributed by atoms with Gasteiger partial charge in [-0.05, 0) is 48.6 Å². The van der Waals surface area contributed by atoms with E-state index in [0.717, 1.165) is 24.0 Å². The van der Waals surface area contributed by atoms with Crippen LogP contribution < -0.4 is 5.32 Å². The summed E-state index contributed by atoms with van der Waals surface area (Å²) >= 11 is 0. The van der Waals surface area contributed by atoms with Gasteiger partial charge in [0.1, 0.15) is 0 Å². The molecule has 2 nitrogen and oxygen atoms in total. The highest BCUT2D eigenvalue weighted by Crippen LogP contribution is 2.19. The summed E-state index contributed by atoms with van der Waals surface area (Å²) in [6.07, 6.45) is 1.92. The largest absolute Gasteiger partial charge is 0.352 e. The van der Waals surface area contributed by atoms with E-state index >= 15 is 0 Å². The molecule has 0 atom stereocenters. The highest BCUT2D eigenvalue weighted by Gasteiger charge is 2.05. The Kier molecular flexibility index (Phi) is 5.63. The normalized spacial score (nSPS) is 10.4. The molecule has 0 fully saturated rings. The molecule has 0 aliphatic heterocycles. The van der Waals surface area contributed by atoms with Crippen molar-refractivity contribution in [2.45, 2.75) is 19.8 Å². The lowest BCUT2D eigenvalue weighted by atomic mass is 10.0. The molecule has 0 radical (unpaired) electrons. The lowest BCUT2D eigenvalue weighted by molar-refractivity contribution is 0.0953. The Morgan fingerprint density at radius 1 is 0.800 bits per heavy atom. The van der Waals surface area contributed by atoms with Gasteiger partial charge in [-0.1, -0.05) is 72.3 Å². The van der Waals surface area contributed by atoms with Crippen LogP contribution in [-0.2, 0) is 6.42 Å². The second-order valence-electron chi connectivity index (χ2n) is 6.29. The third kappa shape index (κ3) is 4.80. The van der Waals surface area contributed by atoms with Crippen molar-refractivity contribution in [1.82, 2.24) is 5.32 Å². The van der Waals surface area contributed by atoms with Crippen LogP contribution in [0.3, 0.4) is 0 Å². The van der Waals surface area contributed by atoms with Crippen LogP contribution in [-0.4, -0.2) is 12.5 Å². The Balaban J connectivity index is 1.49. The molecular formula is C23H23NO. The Morgan fingerprint density at radius 3 is 2.12 bits per heavy atom. The zero-order chi connectivity index (χ0) is 17.5. The molecule has 3 aromatic rings. The van der Waals surface area contributed by atoms with Gasteiger partial charge in [0, 0.05) is 12.1 Å². The van der Waals surface area contributed by atoms with Crippen molar-refractivity contribution < 1.29 is 4.79 Å². The summed E-state index contributed by atoms with van der Waals surface area (Å²) in [5, 5.41) is 3.00. The molecule has 0 bridgehead atoms. The standard InChI is InChI=1S/C23H23NO/c1-18-9-11-19(12-10-18)6-5-17-24-23(25)22-15-13-21(14-16-22)20-7-3-2-4-8-20/h2-4,7-16H,5-6,17H2,1H3,(H,24,25). The van der Waals surface area contributed by atoms with Gasteiger partial charge in [-0.25, -0.2) is 0 Å². The first-order valence-electron chi connectivity index (χ1n) is 8.71. The number of amides is 1. The number of carbonyl (C=O) groups excluding carboxylic acids is 1. The highest BCUT2D eigenvalue weighted by molar-refractivity contribution is 5.94. The first-order chi connectivity index (χ1) is 12.2. The van der Waals surface area contributed by atoms with Gasteiger partial charge in [-0.15, -0.1) is 0 Å². The number of hydrogen-bond donors (Lipinski definition) is 1. The molecule has 0 aromatic heterocycles. The summed E-state index contributed by atoms with van der Waals surface area (Å²) in [4.78, 5) is 12.2. The van der Waals surface area contributed by atoms with E-state index in [4.69, 9.17) is 0 Å². The molecule has 3 aromatic carbocycles. The highest BCUT2D eigenvalue weighted by atomic mass is 16.1. The van der Waals surface area contributed by atoms with Crippen LogP contribution in [0.2, 0.25) is 0 Å². The fourth-order valence-corrected chi connectivity index (χ4v) is 2.80. The average molecular weight is 329 g/mol. The second-order valence-corrected chi connectivity index (χ2v) is 6.29. The van der Waals surface area contributed by atoms with Crippen molar-refractivity contribution >= 4 is 5.91 Å². The monoisotopic (exact) mass is 329 g/mol. The van der Waals surface area contributed by atoms with Gasteiger partial charge in [0.05, 0.1) is 0 Å². The number of aryl methyl sites for hydroxylation is 2. The Morgan fingerprint density at radius 2 is 1.44 bits per heavy atom. The average Bonchev–Trinajstić information content (AvgIpc) is 2.67. The predicted molar refractivity (Wildman–Crippen MR) is 104 cm³/mol. The van der Waals surface area contributed by atoms with Gasteiger partial charge in [-0.3, -0.25) is 4.79 Å². The summed E-state index contributed by atoms with van der Waals surface area (Å²) in [5.41, 5.74) is 5.57. The van der Waals surface area contributed by atoms with E-state index in [1.54, 1.807) is 0 Å². The molecule has 0 saturated carbocycles. The minimum atomic E-state index is -0.0106. The second kappa shape index (κ2) is 8.29. The fourth-order valence-electron chi connectivity index (χ4n) is 2.80. The SMILES string of the molecule is Cc1ccc(CCCNC(=O)c2ccc(-c3ccccc3)cc2)cc1. The summed E-state index contributed by atoms with van der Waals surface area (Å²) in [7, 11) is 0. The summed E-state index contributed by atoms with van der Waals surface area (Å²) in [6.45, 7) is 2.78. The maximum Gasteiger partial charge on any atom is 0.251 e. The van der Waals surface area contributed by atoms with Gasteiger partial charge in [-0.2, -0.15) is 0 Å². The molecule has 0 unspecified atom stereocenters. The molecule has 0 aliphatic carbocycles. The van der Waals surface area contributed by atoms with E-state index in [1.165, 1.54) is 11.1 Å². The topological polar surface area (TPSA) is 29.1 Å². The van der Waals surface area contributed by atoms with Crippen molar-refractivity contribution in [3.05, 3.63) is 95.6 Å². The number of rotatable bonds is 6. The van der Waals surface area contributed by atoms with E-state index in [1.807, 2.05) is 42.5 Å². The fraction of sp³-hybridized carbons (Fsp3) is 0.174. The van der Waals surface area contributed by atoms with Crippen LogP contribution in [0.1, 0.15) is 27.9 Å². The summed E-state index contributed by atoms with van der Waals surface area (Å²) < 4.78 is 0. The molecule has 126 valence electrons. The Labute approximate surface area is 149 Å². The molecule has 0 spiro atoms. The maximum absolute atomic E-state index is 12.2. The molecule has 0 heterocycles. The van der Waals surface area contributed by atoms with Gasteiger partial charge < -0.3 is 5.32 Å². The van der Waals surface area contributed by atoms with E-state index in [0.29, 0.717) is 12.1 Å². The van der Waals surface area contributed by atoms with Gasteiger partial charge in [0.2, 0.25) is 0 Å². The Hall–Kier alpha value is -2.87. The smallest absolute Gasteiger partial charge is 0.251 e. The first-order valence-corrected chi connectivity index (χ1v) is 8.71. The lowest BCUT2D eigenvalue weighted by Gasteiger charge is -2.07. The van der Waals surface area contributed by atoms with E-state index in [-0.39, 0.29) is 5.91 Å². The van der Waals surface area contributed by atoms with Crippen molar-refractivity contribution in [2.75, 3.05) is 6.54 Å². The molecule has 2 heteroatoms. The molecule has 1 N–H and O–H groups in total. The zero-order valence-electron chi connectivity index (χ0n) is 14.5. The molecule has 0 saturated heterocycles. The third-order valence-electron chi connectivity index (χ3n) is 4.30. The van der Waals surface area contributed by atoms with E-state index < -0.39 is 0 Å². The third-order valence-corrected chi connectivity index (χ3v) is 4.30. The molecule has 3 rings (SSSR count).